The van der Waals surface area contributed by atoms with E-state index in [9.17, 15) is 0 Å². The fourth-order valence-electron chi connectivity index (χ4n) is 0.966. The topological polar surface area (TPSA) is 24.9 Å². The first-order valence-corrected chi connectivity index (χ1v) is 4.85. The molecule has 0 saturated carbocycles. The molecule has 1 unspecified atom stereocenters. The Balaban J connectivity index is 2.89. The Kier molecular flexibility index (Phi) is 3.38. The molecule has 1 rings (SSSR count). The Hall–Kier alpha value is -1.20. The van der Waals surface area contributed by atoms with E-state index < -0.39 is 5.54 Å². The summed E-state index contributed by atoms with van der Waals surface area (Å²) in [6.45, 7) is 3.96. The van der Waals surface area contributed by atoms with Gasteiger partial charge in [-0.25, -0.2) is 4.98 Å². The van der Waals surface area contributed by atoms with Crippen molar-refractivity contribution >= 4 is 17.4 Å². The highest BCUT2D eigenvalue weighted by molar-refractivity contribution is 6.32. The lowest BCUT2D eigenvalue weighted by Crippen LogP contribution is -2.32. The highest BCUT2D eigenvalue weighted by Crippen LogP contribution is 2.22. The van der Waals surface area contributed by atoms with Gasteiger partial charge < -0.3 is 5.32 Å². The van der Waals surface area contributed by atoms with E-state index in [-0.39, 0.29) is 0 Å². The molecule has 0 amide bonds. The molecule has 2 nitrogen and oxygen atoms in total. The van der Waals surface area contributed by atoms with E-state index in [0.29, 0.717) is 10.8 Å². The standard InChI is InChI=1S/C11H13ClN2/c1-4-11(3,5-2)14-10-9(12)7-6-8-13-10/h1,6-8H,5H2,2-3H3,(H,13,14). The summed E-state index contributed by atoms with van der Waals surface area (Å²) in [4.78, 5) is 4.12. The molecule has 0 aliphatic heterocycles. The zero-order chi connectivity index (χ0) is 10.6. The Labute approximate surface area is 89.7 Å². The van der Waals surface area contributed by atoms with E-state index in [1.807, 2.05) is 13.8 Å². The van der Waals surface area contributed by atoms with Crippen molar-refractivity contribution in [1.29, 1.82) is 0 Å². The van der Waals surface area contributed by atoms with Gasteiger partial charge in [0.1, 0.15) is 5.82 Å². The number of hydrogen-bond donors (Lipinski definition) is 1. The Morgan fingerprint density at radius 3 is 2.93 bits per heavy atom. The van der Waals surface area contributed by atoms with Gasteiger partial charge in [0.15, 0.2) is 0 Å². The van der Waals surface area contributed by atoms with Crippen LogP contribution in [0.25, 0.3) is 0 Å². The van der Waals surface area contributed by atoms with Crippen molar-refractivity contribution in [3.8, 4) is 12.3 Å². The molecule has 14 heavy (non-hydrogen) atoms. The summed E-state index contributed by atoms with van der Waals surface area (Å²) in [7, 11) is 0. The Morgan fingerprint density at radius 1 is 1.71 bits per heavy atom. The van der Waals surface area contributed by atoms with Crippen LogP contribution in [0.15, 0.2) is 18.3 Å². The molecule has 0 spiro atoms. The van der Waals surface area contributed by atoms with Gasteiger partial charge in [-0.1, -0.05) is 24.4 Å². The Bertz CT molecular complexity index is 357. The third kappa shape index (κ3) is 2.40. The van der Waals surface area contributed by atoms with E-state index in [0.717, 1.165) is 6.42 Å². The van der Waals surface area contributed by atoms with Gasteiger partial charge in [-0.15, -0.1) is 6.42 Å². The van der Waals surface area contributed by atoms with Gasteiger partial charge in [0, 0.05) is 6.20 Å². The van der Waals surface area contributed by atoms with Crippen molar-refractivity contribution in [2.45, 2.75) is 25.8 Å². The minimum atomic E-state index is -0.391. The normalized spacial score (nSPS) is 14.1. The first-order chi connectivity index (χ1) is 6.61. The van der Waals surface area contributed by atoms with Crippen molar-refractivity contribution in [1.82, 2.24) is 4.98 Å². The summed E-state index contributed by atoms with van der Waals surface area (Å²) in [5, 5.41) is 3.73. The zero-order valence-corrected chi connectivity index (χ0v) is 9.10. The highest BCUT2D eigenvalue weighted by Gasteiger charge is 2.19. The van der Waals surface area contributed by atoms with Crippen LogP contribution in [-0.2, 0) is 0 Å². The van der Waals surface area contributed by atoms with E-state index in [2.05, 4.69) is 16.2 Å². The smallest absolute Gasteiger partial charge is 0.145 e. The van der Waals surface area contributed by atoms with Gasteiger partial charge in [-0.2, -0.15) is 0 Å². The number of halogens is 1. The summed E-state index contributed by atoms with van der Waals surface area (Å²) in [6.07, 6.45) is 7.93. The maximum absolute atomic E-state index is 5.95. The van der Waals surface area contributed by atoms with Crippen molar-refractivity contribution in [3.05, 3.63) is 23.4 Å². The summed E-state index contributed by atoms with van der Waals surface area (Å²) >= 11 is 5.95. The van der Waals surface area contributed by atoms with Crippen LogP contribution in [0.5, 0.6) is 0 Å². The molecule has 3 heteroatoms. The molecule has 0 fully saturated rings. The molecule has 0 bridgehead atoms. The van der Waals surface area contributed by atoms with Crippen LogP contribution < -0.4 is 5.32 Å². The highest BCUT2D eigenvalue weighted by atomic mass is 35.5. The second-order valence-electron chi connectivity index (χ2n) is 3.29. The molecule has 0 saturated heterocycles. The summed E-state index contributed by atoms with van der Waals surface area (Å²) < 4.78 is 0. The van der Waals surface area contributed by atoms with E-state index in [1.54, 1.807) is 18.3 Å². The molecule has 0 aliphatic carbocycles. The maximum atomic E-state index is 5.95. The van der Waals surface area contributed by atoms with Crippen LogP contribution in [-0.4, -0.2) is 10.5 Å². The van der Waals surface area contributed by atoms with Gasteiger partial charge in [-0.05, 0) is 25.5 Å². The quantitative estimate of drug-likeness (QED) is 0.773. The lowest BCUT2D eigenvalue weighted by molar-refractivity contribution is 0.632. The minimum absolute atomic E-state index is 0.391. The van der Waals surface area contributed by atoms with Crippen LogP contribution in [0.4, 0.5) is 5.82 Å². The van der Waals surface area contributed by atoms with E-state index in [1.165, 1.54) is 0 Å². The minimum Gasteiger partial charge on any atom is -0.353 e. The number of nitrogens with zero attached hydrogens (tertiary/aromatic N) is 1. The second kappa shape index (κ2) is 4.34. The van der Waals surface area contributed by atoms with Crippen molar-refractivity contribution in [3.63, 3.8) is 0 Å². The van der Waals surface area contributed by atoms with Gasteiger partial charge >= 0.3 is 0 Å². The molecule has 74 valence electrons. The van der Waals surface area contributed by atoms with Crippen molar-refractivity contribution in [2.24, 2.45) is 0 Å². The molecule has 1 aromatic rings. The van der Waals surface area contributed by atoms with E-state index >= 15 is 0 Å². The average Bonchev–Trinajstić information content (AvgIpc) is 2.21. The van der Waals surface area contributed by atoms with Crippen molar-refractivity contribution in [2.75, 3.05) is 5.32 Å². The van der Waals surface area contributed by atoms with Crippen LogP contribution in [0, 0.1) is 12.3 Å². The molecule has 0 aromatic carbocycles. The first kappa shape index (κ1) is 10.9. The van der Waals surface area contributed by atoms with Crippen LogP contribution in [0.2, 0.25) is 5.02 Å². The maximum Gasteiger partial charge on any atom is 0.145 e. The van der Waals surface area contributed by atoms with Crippen molar-refractivity contribution < 1.29 is 0 Å². The van der Waals surface area contributed by atoms with Gasteiger partial charge in [-0.3, -0.25) is 0 Å². The van der Waals surface area contributed by atoms with Crippen LogP contribution in [0.1, 0.15) is 20.3 Å². The molecule has 0 aliphatic rings. The lowest BCUT2D eigenvalue weighted by Gasteiger charge is -2.24. The molecule has 1 heterocycles. The van der Waals surface area contributed by atoms with Gasteiger partial charge in [0.2, 0.25) is 0 Å². The van der Waals surface area contributed by atoms with Crippen LogP contribution >= 0.6 is 11.6 Å². The van der Waals surface area contributed by atoms with Gasteiger partial charge in [0.05, 0.1) is 10.6 Å². The number of pyridine rings is 1. The number of aromatic nitrogens is 1. The monoisotopic (exact) mass is 208 g/mol. The number of nitrogens with one attached hydrogen (secondary N) is 1. The lowest BCUT2D eigenvalue weighted by atomic mass is 10.0. The SMILES string of the molecule is C#CC(C)(CC)Nc1ncccc1Cl. The zero-order valence-electron chi connectivity index (χ0n) is 8.34. The fourth-order valence-corrected chi connectivity index (χ4v) is 1.13. The number of terminal acetylenes is 1. The summed E-state index contributed by atoms with van der Waals surface area (Å²) in [6, 6.07) is 3.57. The fraction of sp³-hybridized carbons (Fsp3) is 0.364. The number of rotatable bonds is 3. The molecular weight excluding hydrogens is 196 g/mol. The predicted octanol–water partition coefficient (Wildman–Crippen LogP) is 2.95. The molecular formula is C11H13ClN2. The third-order valence-corrected chi connectivity index (χ3v) is 2.48. The number of hydrogen-bond acceptors (Lipinski definition) is 2. The van der Waals surface area contributed by atoms with Crippen LogP contribution in [0.3, 0.4) is 0 Å². The molecule has 1 aromatic heterocycles. The summed E-state index contributed by atoms with van der Waals surface area (Å²) in [5.74, 6) is 3.33. The largest absolute Gasteiger partial charge is 0.353 e. The second-order valence-corrected chi connectivity index (χ2v) is 3.70. The summed E-state index contributed by atoms with van der Waals surface area (Å²) in [5.41, 5.74) is -0.391. The molecule has 1 atom stereocenters. The predicted molar refractivity (Wildman–Crippen MR) is 60.4 cm³/mol. The molecule has 1 N–H and O–H groups in total. The average molecular weight is 209 g/mol. The third-order valence-electron chi connectivity index (χ3n) is 2.18. The van der Waals surface area contributed by atoms with Gasteiger partial charge in [0.25, 0.3) is 0 Å². The molecule has 0 radical (unpaired) electrons. The number of anilines is 1. The van der Waals surface area contributed by atoms with E-state index in [4.69, 9.17) is 18.0 Å². The Morgan fingerprint density at radius 2 is 2.43 bits per heavy atom. The first-order valence-electron chi connectivity index (χ1n) is 4.48.